The Bertz CT molecular complexity index is 796. The number of nitrogens with zero attached hydrogens (tertiary/aromatic N) is 1. The summed E-state index contributed by atoms with van der Waals surface area (Å²) < 4.78 is 0. The molecule has 3 rings (SSSR count). The fraction of sp³-hybridized carbons (Fsp3) is 0.409. The summed E-state index contributed by atoms with van der Waals surface area (Å²) in [5.74, 6) is -0.412. The normalized spacial score (nSPS) is 15.0. The number of benzene rings is 1. The number of pyridine rings is 1. The Hall–Kier alpha value is -2.69. The van der Waals surface area contributed by atoms with E-state index in [1.165, 1.54) is 25.2 Å². The van der Waals surface area contributed by atoms with Crippen LogP contribution in [0.15, 0.2) is 42.7 Å². The molecule has 0 atom stereocenters. The van der Waals surface area contributed by atoms with Gasteiger partial charge in [-0.1, -0.05) is 50.8 Å². The van der Waals surface area contributed by atoms with Crippen LogP contribution in [-0.2, 0) is 6.42 Å². The molecule has 2 amide bonds. The summed E-state index contributed by atoms with van der Waals surface area (Å²) in [6.45, 7) is 2.05. The van der Waals surface area contributed by atoms with Gasteiger partial charge in [-0.2, -0.15) is 0 Å². The largest absolute Gasteiger partial charge is 0.349 e. The fourth-order valence-corrected chi connectivity index (χ4v) is 3.53. The number of carbonyl (C=O) groups excluding carboxylic acids is 2. The lowest BCUT2D eigenvalue weighted by Gasteiger charge is -2.16. The van der Waals surface area contributed by atoms with E-state index in [1.54, 1.807) is 6.07 Å². The molecule has 0 unspecified atom stereocenters. The molecule has 0 aliphatic heterocycles. The molecule has 2 aromatic rings. The van der Waals surface area contributed by atoms with Crippen molar-refractivity contribution in [3.8, 4) is 0 Å². The van der Waals surface area contributed by atoms with Gasteiger partial charge in [-0.15, -0.1) is 0 Å². The Labute approximate surface area is 160 Å². The summed E-state index contributed by atoms with van der Waals surface area (Å²) >= 11 is 0. The van der Waals surface area contributed by atoms with E-state index in [4.69, 9.17) is 0 Å². The van der Waals surface area contributed by atoms with Crippen LogP contribution in [0.25, 0.3) is 0 Å². The standard InChI is InChI=1S/C22H27N3O2/c1-2-16-9-7-8-12-20(16)25-22(27)18-13-17(14-23-15-18)21(26)24-19-10-5-3-4-6-11-19/h7-9,12-15,19H,2-6,10-11H2,1H3,(H,24,26)(H,25,27). The van der Waals surface area contributed by atoms with Crippen molar-refractivity contribution in [2.75, 3.05) is 5.32 Å². The maximum Gasteiger partial charge on any atom is 0.257 e. The Kier molecular flexibility index (Phi) is 6.58. The monoisotopic (exact) mass is 365 g/mol. The zero-order chi connectivity index (χ0) is 19.1. The summed E-state index contributed by atoms with van der Waals surface area (Å²) in [7, 11) is 0. The van der Waals surface area contributed by atoms with Crippen LogP contribution >= 0.6 is 0 Å². The number of carbonyl (C=O) groups is 2. The summed E-state index contributed by atoms with van der Waals surface area (Å²) in [5.41, 5.74) is 2.67. The molecule has 0 spiro atoms. The van der Waals surface area contributed by atoms with Crippen LogP contribution in [0.5, 0.6) is 0 Å². The molecule has 0 radical (unpaired) electrons. The molecular formula is C22H27N3O2. The zero-order valence-corrected chi connectivity index (χ0v) is 15.8. The van der Waals surface area contributed by atoms with Crippen molar-refractivity contribution in [3.63, 3.8) is 0 Å². The summed E-state index contributed by atoms with van der Waals surface area (Å²) in [4.78, 5) is 29.3. The highest BCUT2D eigenvalue weighted by Crippen LogP contribution is 2.19. The van der Waals surface area contributed by atoms with Gasteiger partial charge in [0.15, 0.2) is 0 Å². The summed E-state index contributed by atoms with van der Waals surface area (Å²) in [5, 5.41) is 6.02. The van der Waals surface area contributed by atoms with Crippen molar-refractivity contribution in [2.24, 2.45) is 0 Å². The first-order valence-corrected chi connectivity index (χ1v) is 9.82. The van der Waals surface area contributed by atoms with E-state index in [-0.39, 0.29) is 17.9 Å². The van der Waals surface area contributed by atoms with Crippen LogP contribution in [0, 0.1) is 0 Å². The van der Waals surface area contributed by atoms with Crippen molar-refractivity contribution in [1.82, 2.24) is 10.3 Å². The minimum atomic E-state index is -0.257. The van der Waals surface area contributed by atoms with Gasteiger partial charge in [-0.05, 0) is 37.0 Å². The van der Waals surface area contributed by atoms with Gasteiger partial charge in [-0.25, -0.2) is 0 Å². The smallest absolute Gasteiger partial charge is 0.257 e. The zero-order valence-electron chi connectivity index (χ0n) is 15.8. The van der Waals surface area contributed by atoms with E-state index in [0.717, 1.165) is 43.4 Å². The van der Waals surface area contributed by atoms with Crippen molar-refractivity contribution in [1.29, 1.82) is 0 Å². The third kappa shape index (κ3) is 5.16. The van der Waals surface area contributed by atoms with Crippen LogP contribution in [0.4, 0.5) is 5.69 Å². The van der Waals surface area contributed by atoms with Crippen molar-refractivity contribution in [2.45, 2.75) is 57.9 Å². The van der Waals surface area contributed by atoms with E-state index >= 15 is 0 Å². The maximum atomic E-state index is 12.6. The molecule has 0 saturated heterocycles. The highest BCUT2D eigenvalue weighted by molar-refractivity contribution is 6.06. The molecule has 27 heavy (non-hydrogen) atoms. The van der Waals surface area contributed by atoms with Gasteiger partial charge >= 0.3 is 0 Å². The van der Waals surface area contributed by atoms with Crippen LogP contribution in [0.2, 0.25) is 0 Å². The van der Waals surface area contributed by atoms with Crippen molar-refractivity contribution >= 4 is 17.5 Å². The number of para-hydroxylation sites is 1. The van der Waals surface area contributed by atoms with Crippen LogP contribution < -0.4 is 10.6 Å². The van der Waals surface area contributed by atoms with Gasteiger partial charge in [0.05, 0.1) is 11.1 Å². The average molecular weight is 365 g/mol. The van der Waals surface area contributed by atoms with Crippen LogP contribution in [0.1, 0.15) is 71.7 Å². The predicted octanol–water partition coefficient (Wildman–Crippen LogP) is 4.35. The Morgan fingerprint density at radius 2 is 1.67 bits per heavy atom. The molecule has 1 saturated carbocycles. The summed E-state index contributed by atoms with van der Waals surface area (Å²) in [6.07, 6.45) is 10.7. The average Bonchev–Trinajstić information content (AvgIpc) is 2.97. The molecule has 2 N–H and O–H groups in total. The van der Waals surface area contributed by atoms with E-state index in [1.807, 2.05) is 31.2 Å². The minimum Gasteiger partial charge on any atom is -0.349 e. The maximum absolute atomic E-state index is 12.6. The van der Waals surface area contributed by atoms with Crippen molar-refractivity contribution < 1.29 is 9.59 Å². The Morgan fingerprint density at radius 1 is 1.00 bits per heavy atom. The number of aryl methyl sites for hydroxylation is 1. The molecule has 142 valence electrons. The van der Waals surface area contributed by atoms with E-state index in [9.17, 15) is 9.59 Å². The second kappa shape index (κ2) is 9.31. The highest BCUT2D eigenvalue weighted by atomic mass is 16.2. The fourth-order valence-electron chi connectivity index (χ4n) is 3.53. The minimum absolute atomic E-state index is 0.155. The number of anilines is 1. The van der Waals surface area contributed by atoms with E-state index in [0.29, 0.717) is 11.1 Å². The van der Waals surface area contributed by atoms with Crippen molar-refractivity contribution in [3.05, 3.63) is 59.4 Å². The second-order valence-electron chi connectivity index (χ2n) is 7.09. The van der Waals surface area contributed by atoms with Crippen LogP contribution in [-0.4, -0.2) is 22.8 Å². The quantitative estimate of drug-likeness (QED) is 0.774. The first-order valence-electron chi connectivity index (χ1n) is 9.82. The van der Waals surface area contributed by atoms with Gasteiger partial charge in [0, 0.05) is 24.1 Å². The molecule has 1 aliphatic carbocycles. The first-order chi connectivity index (χ1) is 13.2. The van der Waals surface area contributed by atoms with Gasteiger partial charge < -0.3 is 10.6 Å². The number of hydrogen-bond donors (Lipinski definition) is 2. The van der Waals surface area contributed by atoms with E-state index < -0.39 is 0 Å². The molecule has 1 aromatic carbocycles. The topological polar surface area (TPSA) is 71.1 Å². The first kappa shape index (κ1) is 19.1. The number of rotatable bonds is 5. The van der Waals surface area contributed by atoms with Gasteiger partial charge in [0.2, 0.25) is 0 Å². The molecule has 1 aliphatic rings. The van der Waals surface area contributed by atoms with Gasteiger partial charge in [-0.3, -0.25) is 14.6 Å². The number of amides is 2. The van der Waals surface area contributed by atoms with E-state index in [2.05, 4.69) is 15.6 Å². The molecule has 5 heteroatoms. The van der Waals surface area contributed by atoms with Gasteiger partial charge in [0.25, 0.3) is 11.8 Å². The number of aromatic nitrogens is 1. The second-order valence-corrected chi connectivity index (χ2v) is 7.09. The predicted molar refractivity (Wildman–Crippen MR) is 107 cm³/mol. The lowest BCUT2D eigenvalue weighted by Crippen LogP contribution is -2.34. The summed E-state index contributed by atoms with van der Waals surface area (Å²) in [6, 6.07) is 9.55. The number of hydrogen-bond acceptors (Lipinski definition) is 3. The molecule has 0 bridgehead atoms. The third-order valence-electron chi connectivity index (χ3n) is 5.10. The molecule has 1 aromatic heterocycles. The molecular weight excluding hydrogens is 338 g/mol. The third-order valence-corrected chi connectivity index (χ3v) is 5.10. The molecule has 1 heterocycles. The Morgan fingerprint density at radius 3 is 2.37 bits per heavy atom. The van der Waals surface area contributed by atoms with Crippen LogP contribution in [0.3, 0.4) is 0 Å². The molecule has 5 nitrogen and oxygen atoms in total. The SMILES string of the molecule is CCc1ccccc1NC(=O)c1cncc(C(=O)NC2CCCCCC2)c1. The molecule has 1 fully saturated rings. The Balaban J connectivity index is 1.68. The lowest BCUT2D eigenvalue weighted by atomic mass is 10.1. The van der Waals surface area contributed by atoms with Gasteiger partial charge in [0.1, 0.15) is 0 Å². The lowest BCUT2D eigenvalue weighted by molar-refractivity contribution is 0.0933. The highest BCUT2D eigenvalue weighted by Gasteiger charge is 2.17. The number of nitrogens with one attached hydrogen (secondary N) is 2.